The van der Waals surface area contributed by atoms with Gasteiger partial charge in [0.05, 0.1) is 0 Å². The smallest absolute Gasteiger partial charge is 0.221 e. The molecule has 0 radical (unpaired) electrons. The molecule has 3 atom stereocenters. The molecule has 0 aromatic rings. The third-order valence-corrected chi connectivity index (χ3v) is 4.54. The highest BCUT2D eigenvalue weighted by Gasteiger charge is 2.32. The number of nitrogens with one attached hydrogen (secondary N) is 1. The standard InChI is InChI=1S/C14H28N4O/c1-10-8-18(9-11(2)17(10)3)13(7-15)6-14(19)16-12-4-5-12/h10-13H,4-9,15H2,1-3H3,(H,16,19). The minimum Gasteiger partial charge on any atom is -0.353 e. The molecule has 2 aliphatic rings. The summed E-state index contributed by atoms with van der Waals surface area (Å²) in [6, 6.07) is 1.65. The number of nitrogens with zero attached hydrogens (tertiary/aromatic N) is 2. The van der Waals surface area contributed by atoms with E-state index in [1.807, 2.05) is 0 Å². The van der Waals surface area contributed by atoms with E-state index in [2.05, 4.69) is 36.0 Å². The van der Waals surface area contributed by atoms with Gasteiger partial charge in [-0.2, -0.15) is 0 Å². The summed E-state index contributed by atoms with van der Waals surface area (Å²) in [7, 11) is 2.17. The van der Waals surface area contributed by atoms with E-state index in [1.54, 1.807) is 0 Å². The largest absolute Gasteiger partial charge is 0.353 e. The predicted molar refractivity (Wildman–Crippen MR) is 76.9 cm³/mol. The Kier molecular flexibility index (Phi) is 4.81. The number of carbonyl (C=O) groups excluding carboxylic acids is 1. The highest BCUT2D eigenvalue weighted by molar-refractivity contribution is 5.77. The summed E-state index contributed by atoms with van der Waals surface area (Å²) in [5.41, 5.74) is 5.89. The van der Waals surface area contributed by atoms with Gasteiger partial charge in [0.2, 0.25) is 5.91 Å². The number of hydrogen-bond donors (Lipinski definition) is 2. The van der Waals surface area contributed by atoms with Crippen molar-refractivity contribution in [2.75, 3.05) is 26.7 Å². The molecule has 0 bridgehead atoms. The molecule has 3 N–H and O–H groups in total. The van der Waals surface area contributed by atoms with E-state index in [4.69, 9.17) is 5.73 Å². The molecule has 1 saturated heterocycles. The summed E-state index contributed by atoms with van der Waals surface area (Å²) in [6.07, 6.45) is 2.82. The molecular formula is C14H28N4O. The monoisotopic (exact) mass is 268 g/mol. The fraction of sp³-hybridized carbons (Fsp3) is 0.929. The molecule has 2 fully saturated rings. The van der Waals surface area contributed by atoms with Crippen molar-refractivity contribution in [2.45, 2.75) is 57.3 Å². The van der Waals surface area contributed by atoms with Crippen LogP contribution in [0.3, 0.4) is 0 Å². The molecule has 110 valence electrons. The maximum absolute atomic E-state index is 11.9. The lowest BCUT2D eigenvalue weighted by molar-refractivity contribution is -0.122. The Hall–Kier alpha value is -0.650. The second kappa shape index (κ2) is 6.20. The molecule has 1 amide bonds. The minimum atomic E-state index is 0.164. The average Bonchev–Trinajstić information content (AvgIpc) is 3.16. The fourth-order valence-electron chi connectivity index (χ4n) is 2.83. The summed E-state index contributed by atoms with van der Waals surface area (Å²) < 4.78 is 0. The number of carbonyl (C=O) groups is 1. The second-order valence-electron chi connectivity index (χ2n) is 6.25. The van der Waals surface area contributed by atoms with Crippen LogP contribution >= 0.6 is 0 Å². The SMILES string of the molecule is CC1CN(C(CN)CC(=O)NC2CC2)CC(C)N1C. The van der Waals surface area contributed by atoms with Gasteiger partial charge in [-0.25, -0.2) is 0 Å². The molecule has 1 saturated carbocycles. The van der Waals surface area contributed by atoms with Crippen LogP contribution in [0.1, 0.15) is 33.1 Å². The first-order chi connectivity index (χ1) is 9.01. The Labute approximate surface area is 116 Å². The van der Waals surface area contributed by atoms with Crippen LogP contribution in [-0.4, -0.2) is 66.6 Å². The molecule has 3 unspecified atom stereocenters. The Bertz CT molecular complexity index is 307. The van der Waals surface area contributed by atoms with Gasteiger partial charge in [-0.05, 0) is 33.7 Å². The molecule has 0 aromatic heterocycles. The highest BCUT2D eigenvalue weighted by Crippen LogP contribution is 2.20. The molecule has 0 aromatic carbocycles. The van der Waals surface area contributed by atoms with Crippen LogP contribution in [0, 0.1) is 0 Å². The first-order valence-electron chi connectivity index (χ1n) is 7.46. The number of likely N-dealkylation sites (N-methyl/N-ethyl adjacent to an activating group) is 1. The van der Waals surface area contributed by atoms with Gasteiger partial charge in [0.25, 0.3) is 0 Å². The molecular weight excluding hydrogens is 240 g/mol. The summed E-state index contributed by atoms with van der Waals surface area (Å²) in [5, 5.41) is 3.06. The van der Waals surface area contributed by atoms with Crippen molar-refractivity contribution >= 4 is 5.91 Å². The second-order valence-corrected chi connectivity index (χ2v) is 6.25. The number of amides is 1. The van der Waals surface area contributed by atoms with Gasteiger partial charge in [0, 0.05) is 50.2 Å². The van der Waals surface area contributed by atoms with Gasteiger partial charge in [-0.15, -0.1) is 0 Å². The zero-order valence-electron chi connectivity index (χ0n) is 12.4. The molecule has 2 rings (SSSR count). The Morgan fingerprint density at radius 1 is 1.32 bits per heavy atom. The van der Waals surface area contributed by atoms with E-state index >= 15 is 0 Å². The quantitative estimate of drug-likeness (QED) is 0.737. The lowest BCUT2D eigenvalue weighted by Crippen LogP contribution is -2.59. The third-order valence-electron chi connectivity index (χ3n) is 4.54. The van der Waals surface area contributed by atoms with Crippen LogP contribution in [0.5, 0.6) is 0 Å². The maximum Gasteiger partial charge on any atom is 0.221 e. The minimum absolute atomic E-state index is 0.164. The molecule has 0 spiro atoms. The van der Waals surface area contributed by atoms with Gasteiger partial charge < -0.3 is 11.1 Å². The van der Waals surface area contributed by atoms with Crippen molar-refractivity contribution in [1.29, 1.82) is 0 Å². The van der Waals surface area contributed by atoms with Crippen molar-refractivity contribution in [2.24, 2.45) is 5.73 Å². The topological polar surface area (TPSA) is 61.6 Å². The summed E-state index contributed by atoms with van der Waals surface area (Å²) in [4.78, 5) is 16.7. The molecule has 1 aliphatic heterocycles. The number of rotatable bonds is 5. The Morgan fingerprint density at radius 3 is 2.37 bits per heavy atom. The van der Waals surface area contributed by atoms with E-state index in [1.165, 1.54) is 0 Å². The number of nitrogens with two attached hydrogens (primary N) is 1. The highest BCUT2D eigenvalue weighted by atomic mass is 16.1. The molecule has 1 aliphatic carbocycles. The first-order valence-corrected chi connectivity index (χ1v) is 7.46. The van der Waals surface area contributed by atoms with E-state index in [0.717, 1.165) is 25.9 Å². The van der Waals surface area contributed by atoms with Crippen molar-refractivity contribution in [3.63, 3.8) is 0 Å². The van der Waals surface area contributed by atoms with Gasteiger partial charge in [0.15, 0.2) is 0 Å². The van der Waals surface area contributed by atoms with Crippen molar-refractivity contribution in [3.8, 4) is 0 Å². The number of hydrogen-bond acceptors (Lipinski definition) is 4. The van der Waals surface area contributed by atoms with E-state index < -0.39 is 0 Å². The van der Waals surface area contributed by atoms with Crippen LogP contribution < -0.4 is 11.1 Å². The lowest BCUT2D eigenvalue weighted by Gasteiger charge is -2.45. The van der Waals surface area contributed by atoms with Crippen LogP contribution in [0.15, 0.2) is 0 Å². The summed E-state index contributed by atoms with van der Waals surface area (Å²) in [6.45, 7) is 7.03. The summed E-state index contributed by atoms with van der Waals surface area (Å²) in [5.74, 6) is 0.164. The Balaban J connectivity index is 1.87. The van der Waals surface area contributed by atoms with Gasteiger partial charge in [-0.3, -0.25) is 14.6 Å². The van der Waals surface area contributed by atoms with Crippen LogP contribution in [0.2, 0.25) is 0 Å². The number of piperazine rings is 1. The van der Waals surface area contributed by atoms with Crippen molar-refractivity contribution in [3.05, 3.63) is 0 Å². The zero-order chi connectivity index (χ0) is 14.0. The third kappa shape index (κ3) is 3.91. The van der Waals surface area contributed by atoms with Gasteiger partial charge >= 0.3 is 0 Å². The molecule has 5 heteroatoms. The van der Waals surface area contributed by atoms with E-state index in [0.29, 0.717) is 31.1 Å². The van der Waals surface area contributed by atoms with Crippen molar-refractivity contribution < 1.29 is 4.79 Å². The molecule has 19 heavy (non-hydrogen) atoms. The van der Waals surface area contributed by atoms with Crippen LogP contribution in [-0.2, 0) is 4.79 Å². The first kappa shape index (κ1) is 14.8. The fourth-order valence-corrected chi connectivity index (χ4v) is 2.83. The van der Waals surface area contributed by atoms with E-state index in [9.17, 15) is 4.79 Å². The predicted octanol–water partition coefficient (Wildman–Crippen LogP) is 0.00680. The maximum atomic E-state index is 11.9. The van der Waals surface area contributed by atoms with Gasteiger partial charge in [-0.1, -0.05) is 0 Å². The van der Waals surface area contributed by atoms with Crippen LogP contribution in [0.25, 0.3) is 0 Å². The van der Waals surface area contributed by atoms with Gasteiger partial charge in [0.1, 0.15) is 0 Å². The average molecular weight is 268 g/mol. The summed E-state index contributed by atoms with van der Waals surface area (Å²) >= 11 is 0. The van der Waals surface area contributed by atoms with Crippen molar-refractivity contribution in [1.82, 2.24) is 15.1 Å². The van der Waals surface area contributed by atoms with Crippen LogP contribution in [0.4, 0.5) is 0 Å². The lowest BCUT2D eigenvalue weighted by atomic mass is 10.0. The normalized spacial score (nSPS) is 31.2. The molecule has 1 heterocycles. The van der Waals surface area contributed by atoms with E-state index in [-0.39, 0.29) is 11.9 Å². The Morgan fingerprint density at radius 2 is 1.89 bits per heavy atom. The zero-order valence-corrected chi connectivity index (χ0v) is 12.4. The molecule has 5 nitrogen and oxygen atoms in total.